The minimum absolute atomic E-state index is 0.0880. The molecule has 1 rings (SSSR count). The maximum Gasteiger partial charge on any atom is 0.216 e. The molecule has 1 aromatic rings. The third-order valence-electron chi connectivity index (χ3n) is 2.61. The minimum Gasteiger partial charge on any atom is -0.368 e. The van der Waals surface area contributed by atoms with Gasteiger partial charge in [-0.3, -0.25) is 9.59 Å². The number of amides is 2. The van der Waals surface area contributed by atoms with Crippen molar-refractivity contribution in [2.45, 2.75) is 13.8 Å². The molecule has 2 amide bonds. The molecule has 1 aromatic heterocycles. The van der Waals surface area contributed by atoms with Crippen LogP contribution in [0.2, 0.25) is 0 Å². The molecule has 0 radical (unpaired) electrons. The average molecular weight is 304 g/mol. The normalized spacial score (nSPS) is 9.50. The second kappa shape index (κ2) is 9.18. The van der Waals surface area contributed by atoms with Crippen LogP contribution in [0, 0.1) is 11.3 Å². The summed E-state index contributed by atoms with van der Waals surface area (Å²) in [6.07, 6.45) is 0. The highest BCUT2D eigenvalue weighted by molar-refractivity contribution is 5.73. The van der Waals surface area contributed by atoms with Crippen molar-refractivity contribution in [2.75, 3.05) is 36.8 Å². The minimum atomic E-state index is -0.108. The first-order valence-electron chi connectivity index (χ1n) is 6.90. The lowest BCUT2D eigenvalue weighted by Gasteiger charge is -2.11. The zero-order valence-corrected chi connectivity index (χ0v) is 12.7. The van der Waals surface area contributed by atoms with E-state index in [4.69, 9.17) is 5.26 Å². The Bertz CT molecular complexity index is 567. The molecule has 1 heterocycles. The van der Waals surface area contributed by atoms with E-state index in [0.29, 0.717) is 43.4 Å². The molecule has 0 unspecified atom stereocenters. The number of rotatable bonds is 8. The average Bonchev–Trinajstić information content (AvgIpc) is 2.48. The van der Waals surface area contributed by atoms with Crippen molar-refractivity contribution in [3.63, 3.8) is 0 Å². The lowest BCUT2D eigenvalue weighted by Crippen LogP contribution is -2.27. The summed E-state index contributed by atoms with van der Waals surface area (Å²) in [5, 5.41) is 20.4. The molecule has 0 spiro atoms. The van der Waals surface area contributed by atoms with Gasteiger partial charge in [0.2, 0.25) is 11.8 Å². The molecule has 118 valence electrons. The third-order valence-corrected chi connectivity index (χ3v) is 2.61. The second-order valence-electron chi connectivity index (χ2n) is 4.52. The zero-order chi connectivity index (χ0) is 16.4. The van der Waals surface area contributed by atoms with Gasteiger partial charge in [0.15, 0.2) is 0 Å². The Kier molecular flexibility index (Phi) is 7.19. The second-order valence-corrected chi connectivity index (χ2v) is 4.52. The van der Waals surface area contributed by atoms with Crippen molar-refractivity contribution in [3.05, 3.63) is 17.7 Å². The number of aromatic nitrogens is 1. The summed E-state index contributed by atoms with van der Waals surface area (Å²) in [7, 11) is 0. The highest BCUT2D eigenvalue weighted by atomic mass is 16.2. The molecule has 0 aromatic carbocycles. The molecule has 0 atom stereocenters. The predicted octanol–water partition coefficient (Wildman–Crippen LogP) is 0.0493. The number of nitriles is 1. The molecular formula is C14H20N6O2. The molecule has 0 fully saturated rings. The van der Waals surface area contributed by atoms with E-state index in [1.165, 1.54) is 13.8 Å². The summed E-state index contributed by atoms with van der Waals surface area (Å²) in [6, 6.07) is 5.42. The maximum absolute atomic E-state index is 10.8. The Balaban J connectivity index is 2.54. The number of hydrogen-bond donors (Lipinski definition) is 4. The third kappa shape index (κ3) is 6.56. The van der Waals surface area contributed by atoms with Crippen molar-refractivity contribution in [2.24, 2.45) is 0 Å². The van der Waals surface area contributed by atoms with E-state index in [1.807, 2.05) is 0 Å². The molecule has 0 aliphatic rings. The van der Waals surface area contributed by atoms with Crippen molar-refractivity contribution in [3.8, 4) is 6.07 Å². The van der Waals surface area contributed by atoms with Crippen LogP contribution in [0.3, 0.4) is 0 Å². The molecule has 8 heteroatoms. The molecule has 0 saturated heterocycles. The number of hydrogen-bond acceptors (Lipinski definition) is 6. The molecule has 22 heavy (non-hydrogen) atoms. The van der Waals surface area contributed by atoms with Crippen LogP contribution in [-0.4, -0.2) is 43.0 Å². The van der Waals surface area contributed by atoms with E-state index in [0.717, 1.165) is 0 Å². The van der Waals surface area contributed by atoms with Gasteiger partial charge in [0.05, 0.1) is 5.56 Å². The fraction of sp³-hybridized carbons (Fsp3) is 0.429. The molecule has 8 nitrogen and oxygen atoms in total. The molecule has 0 aliphatic carbocycles. The highest BCUT2D eigenvalue weighted by Gasteiger charge is 2.05. The van der Waals surface area contributed by atoms with Crippen LogP contribution >= 0.6 is 0 Å². The summed E-state index contributed by atoms with van der Waals surface area (Å²) >= 11 is 0. The smallest absolute Gasteiger partial charge is 0.216 e. The Morgan fingerprint density at radius 2 is 1.64 bits per heavy atom. The van der Waals surface area contributed by atoms with Crippen molar-refractivity contribution in [1.82, 2.24) is 15.6 Å². The van der Waals surface area contributed by atoms with E-state index in [1.54, 1.807) is 12.1 Å². The van der Waals surface area contributed by atoms with Gasteiger partial charge < -0.3 is 21.3 Å². The standard InChI is InChI=1S/C14H20N6O2/c1-10(21)16-5-7-18-13-4-3-12(9-15)14(20-13)19-8-6-17-11(2)22/h3-4H,5-8H2,1-2H3,(H,16,21)(H,17,22)(H2,18,19,20). The Labute approximate surface area is 129 Å². The van der Waals surface area contributed by atoms with Gasteiger partial charge in [-0.05, 0) is 12.1 Å². The molecule has 4 N–H and O–H groups in total. The van der Waals surface area contributed by atoms with Gasteiger partial charge >= 0.3 is 0 Å². The first kappa shape index (κ1) is 17.2. The molecule has 0 aliphatic heterocycles. The first-order valence-corrected chi connectivity index (χ1v) is 6.90. The SMILES string of the molecule is CC(=O)NCCNc1ccc(C#N)c(NCCNC(C)=O)n1. The van der Waals surface area contributed by atoms with Gasteiger partial charge in [0.25, 0.3) is 0 Å². The fourth-order valence-electron chi connectivity index (χ4n) is 1.63. The highest BCUT2D eigenvalue weighted by Crippen LogP contribution is 2.14. The quantitative estimate of drug-likeness (QED) is 0.504. The summed E-state index contributed by atoms with van der Waals surface area (Å²) in [5.41, 5.74) is 0.426. The van der Waals surface area contributed by atoms with Crippen LogP contribution in [0.5, 0.6) is 0 Å². The number of nitrogens with one attached hydrogen (secondary N) is 4. The van der Waals surface area contributed by atoms with E-state index in [2.05, 4.69) is 32.3 Å². The van der Waals surface area contributed by atoms with Gasteiger partial charge in [-0.25, -0.2) is 4.98 Å². The summed E-state index contributed by atoms with van der Waals surface area (Å²) in [4.78, 5) is 25.8. The van der Waals surface area contributed by atoms with Crippen LogP contribution in [0.4, 0.5) is 11.6 Å². The number of pyridine rings is 1. The molecular weight excluding hydrogens is 284 g/mol. The summed E-state index contributed by atoms with van der Waals surface area (Å²) in [6.45, 7) is 4.83. The monoisotopic (exact) mass is 304 g/mol. The Morgan fingerprint density at radius 3 is 2.18 bits per heavy atom. The Hall–Kier alpha value is -2.82. The van der Waals surface area contributed by atoms with Crippen molar-refractivity contribution < 1.29 is 9.59 Å². The lowest BCUT2D eigenvalue weighted by molar-refractivity contribution is -0.119. The van der Waals surface area contributed by atoms with E-state index >= 15 is 0 Å². The van der Waals surface area contributed by atoms with Crippen LogP contribution in [0.15, 0.2) is 12.1 Å². The summed E-state index contributed by atoms with van der Waals surface area (Å²) < 4.78 is 0. The number of nitrogens with zero attached hydrogens (tertiary/aromatic N) is 2. The van der Waals surface area contributed by atoms with E-state index in [9.17, 15) is 9.59 Å². The summed E-state index contributed by atoms with van der Waals surface area (Å²) in [5.74, 6) is 0.863. The lowest BCUT2D eigenvalue weighted by atomic mass is 10.2. The molecule has 0 bridgehead atoms. The predicted molar refractivity (Wildman–Crippen MR) is 83.3 cm³/mol. The van der Waals surface area contributed by atoms with Gasteiger partial charge in [0, 0.05) is 40.0 Å². The van der Waals surface area contributed by atoms with Crippen molar-refractivity contribution >= 4 is 23.5 Å². The van der Waals surface area contributed by atoms with Gasteiger partial charge in [-0.1, -0.05) is 0 Å². The molecule has 0 saturated carbocycles. The Morgan fingerprint density at radius 1 is 1.05 bits per heavy atom. The van der Waals surface area contributed by atoms with Crippen LogP contribution < -0.4 is 21.3 Å². The number of anilines is 2. The largest absolute Gasteiger partial charge is 0.368 e. The van der Waals surface area contributed by atoms with Gasteiger partial charge in [-0.15, -0.1) is 0 Å². The topological polar surface area (TPSA) is 119 Å². The maximum atomic E-state index is 10.8. The first-order chi connectivity index (χ1) is 10.5. The van der Waals surface area contributed by atoms with Gasteiger partial charge in [0.1, 0.15) is 17.7 Å². The van der Waals surface area contributed by atoms with Crippen LogP contribution in [0.1, 0.15) is 19.4 Å². The van der Waals surface area contributed by atoms with Crippen LogP contribution in [-0.2, 0) is 9.59 Å². The fourth-order valence-corrected chi connectivity index (χ4v) is 1.63. The zero-order valence-electron chi connectivity index (χ0n) is 12.7. The number of carbonyl (C=O) groups excluding carboxylic acids is 2. The van der Waals surface area contributed by atoms with Gasteiger partial charge in [-0.2, -0.15) is 5.26 Å². The van der Waals surface area contributed by atoms with Crippen LogP contribution in [0.25, 0.3) is 0 Å². The number of carbonyl (C=O) groups is 2. The van der Waals surface area contributed by atoms with E-state index in [-0.39, 0.29) is 11.8 Å². The van der Waals surface area contributed by atoms with Crippen molar-refractivity contribution in [1.29, 1.82) is 5.26 Å². The van der Waals surface area contributed by atoms with E-state index < -0.39 is 0 Å².